The van der Waals surface area contributed by atoms with Crippen molar-refractivity contribution in [3.05, 3.63) is 70.8 Å². The molecule has 1 amide bonds. The number of halogens is 1. The first kappa shape index (κ1) is 24.0. The molecule has 1 N–H and O–H groups in total. The summed E-state index contributed by atoms with van der Waals surface area (Å²) in [5, 5.41) is 3.03. The summed E-state index contributed by atoms with van der Waals surface area (Å²) >= 11 is 3.59. The Balaban J connectivity index is 1.30. The van der Waals surface area contributed by atoms with Crippen LogP contribution in [-0.4, -0.2) is 56.1 Å². The molecule has 0 radical (unpaired) electrons. The monoisotopic (exact) mass is 554 g/mol. The van der Waals surface area contributed by atoms with Gasteiger partial charge in [0, 0.05) is 53.9 Å². The minimum Gasteiger partial charge on any atom is -0.356 e. The number of nitrogens with one attached hydrogen (secondary N) is 1. The summed E-state index contributed by atoms with van der Waals surface area (Å²) in [5.74, 6) is 0.936. The quantitative estimate of drug-likeness (QED) is 0.516. The van der Waals surface area contributed by atoms with Crippen molar-refractivity contribution in [3.8, 4) is 11.1 Å². The predicted octanol–water partition coefficient (Wildman–Crippen LogP) is 4.34. The average molecular weight is 555 g/mol. The molecule has 7 nitrogen and oxygen atoms in total. The van der Waals surface area contributed by atoms with E-state index in [4.69, 9.17) is 0 Å². The third-order valence-corrected chi connectivity index (χ3v) is 8.51. The van der Waals surface area contributed by atoms with Crippen LogP contribution in [-0.2, 0) is 21.2 Å². The van der Waals surface area contributed by atoms with Gasteiger partial charge < -0.3 is 10.2 Å². The van der Waals surface area contributed by atoms with Crippen LogP contribution in [0.3, 0.4) is 0 Å². The van der Waals surface area contributed by atoms with E-state index in [0.29, 0.717) is 17.5 Å². The number of piperidine rings is 1. The zero-order valence-corrected chi connectivity index (χ0v) is 21.8. The van der Waals surface area contributed by atoms with Gasteiger partial charge in [0.25, 0.3) is 0 Å². The Kier molecular flexibility index (Phi) is 6.65. The summed E-state index contributed by atoms with van der Waals surface area (Å²) in [7, 11) is -3.24. The Hall–Kier alpha value is -2.75. The molecule has 2 aromatic carbocycles. The lowest BCUT2D eigenvalue weighted by Crippen LogP contribution is -2.46. The number of para-hydroxylation sites is 1. The maximum absolute atomic E-state index is 12.5. The number of carbonyl (C=O) groups is 1. The largest absolute Gasteiger partial charge is 0.356 e. The number of fused-ring (bicyclic) bond motifs is 1. The molecule has 0 unspecified atom stereocenters. The number of amides is 1. The van der Waals surface area contributed by atoms with Gasteiger partial charge in [-0.15, -0.1) is 0 Å². The van der Waals surface area contributed by atoms with Crippen LogP contribution in [0.15, 0.2) is 70.2 Å². The van der Waals surface area contributed by atoms with Gasteiger partial charge in [0.15, 0.2) is 9.84 Å². The Morgan fingerprint density at radius 2 is 1.74 bits per heavy atom. The van der Waals surface area contributed by atoms with E-state index in [2.05, 4.69) is 48.2 Å². The van der Waals surface area contributed by atoms with Crippen LogP contribution in [0.25, 0.3) is 11.1 Å². The maximum Gasteiger partial charge on any atom is 0.238 e. The molecule has 0 bridgehead atoms. The molecule has 5 rings (SSSR count). The van der Waals surface area contributed by atoms with Crippen LogP contribution in [0.5, 0.6) is 0 Å². The van der Waals surface area contributed by atoms with Gasteiger partial charge in [-0.25, -0.2) is 13.4 Å². The molecule has 0 aliphatic carbocycles. The highest BCUT2D eigenvalue weighted by atomic mass is 79.9. The van der Waals surface area contributed by atoms with Gasteiger partial charge >= 0.3 is 0 Å². The van der Waals surface area contributed by atoms with Crippen molar-refractivity contribution in [2.24, 2.45) is 0 Å². The maximum atomic E-state index is 12.5. The summed E-state index contributed by atoms with van der Waals surface area (Å²) in [6, 6.07) is 17.3. The van der Waals surface area contributed by atoms with Crippen LogP contribution in [0.4, 0.5) is 11.5 Å². The topological polar surface area (TPSA) is 82.6 Å². The Bertz CT molecular complexity index is 1350. The average Bonchev–Trinajstić information content (AvgIpc) is 3.02. The fourth-order valence-corrected chi connectivity index (χ4v) is 5.93. The van der Waals surface area contributed by atoms with Gasteiger partial charge in [-0.2, -0.15) is 0 Å². The minimum atomic E-state index is -3.24. The number of benzene rings is 2. The first-order valence-corrected chi connectivity index (χ1v) is 14.3. The smallest absolute Gasteiger partial charge is 0.238 e. The molecule has 9 heteroatoms. The summed E-state index contributed by atoms with van der Waals surface area (Å²) in [5.41, 5.74) is 3.96. The number of hydrogen-bond acceptors (Lipinski definition) is 6. The second-order valence-electron chi connectivity index (χ2n) is 9.15. The van der Waals surface area contributed by atoms with Crippen LogP contribution < -0.4 is 10.2 Å². The molecule has 3 aromatic rings. The van der Waals surface area contributed by atoms with Crippen LogP contribution in [0.1, 0.15) is 18.4 Å². The SMILES string of the molecule is CS(=O)(=O)c1ccc(-c2cc(N3CCC(N4CC(=O)Nc5ccccc5C4)CC3)ncc2Br)cc1. The summed E-state index contributed by atoms with van der Waals surface area (Å²) < 4.78 is 24.4. The lowest BCUT2D eigenvalue weighted by atomic mass is 10.0. The fraction of sp³-hybridized carbons (Fsp3) is 0.308. The number of rotatable bonds is 4. The third-order valence-electron chi connectivity index (χ3n) is 6.75. The standard InChI is InChI=1S/C26H27BrN4O3S/c1-35(33,34)21-8-6-18(7-9-21)22-14-25(28-15-23(22)27)30-12-10-20(11-13-30)31-16-19-4-2-3-5-24(19)29-26(32)17-31/h2-9,14-15,20H,10-13,16-17H2,1H3,(H,29,32). The summed E-state index contributed by atoms with van der Waals surface area (Å²) in [6.45, 7) is 2.88. The van der Waals surface area contributed by atoms with Crippen LogP contribution in [0, 0.1) is 0 Å². The molecule has 2 aliphatic heterocycles. The molecule has 0 atom stereocenters. The molecular weight excluding hydrogens is 528 g/mol. The summed E-state index contributed by atoms with van der Waals surface area (Å²) in [6.07, 6.45) is 4.91. The Morgan fingerprint density at radius 3 is 2.46 bits per heavy atom. The minimum absolute atomic E-state index is 0.0403. The number of aromatic nitrogens is 1. The molecule has 182 valence electrons. The molecule has 3 heterocycles. The van der Waals surface area contributed by atoms with E-state index in [1.165, 1.54) is 6.26 Å². The highest BCUT2D eigenvalue weighted by Crippen LogP contribution is 2.33. The van der Waals surface area contributed by atoms with Crippen molar-refractivity contribution < 1.29 is 13.2 Å². The lowest BCUT2D eigenvalue weighted by molar-refractivity contribution is -0.117. The fourth-order valence-electron chi connectivity index (χ4n) is 4.85. The van der Waals surface area contributed by atoms with Gasteiger partial charge in [0.2, 0.25) is 5.91 Å². The van der Waals surface area contributed by atoms with E-state index in [1.54, 1.807) is 18.3 Å². The van der Waals surface area contributed by atoms with Gasteiger partial charge in [-0.05, 0) is 64.2 Å². The first-order valence-electron chi connectivity index (χ1n) is 11.6. The number of sulfone groups is 1. The van der Waals surface area contributed by atoms with Gasteiger partial charge in [0.05, 0.1) is 11.4 Å². The number of pyridine rings is 1. The Labute approximate surface area is 214 Å². The number of carbonyl (C=O) groups excluding carboxylic acids is 1. The molecule has 0 saturated carbocycles. The zero-order chi connectivity index (χ0) is 24.6. The second kappa shape index (κ2) is 9.72. The predicted molar refractivity (Wildman–Crippen MR) is 141 cm³/mol. The van der Waals surface area contributed by atoms with E-state index in [-0.39, 0.29) is 5.91 Å². The third kappa shape index (κ3) is 5.27. The van der Waals surface area contributed by atoms with Gasteiger partial charge in [-0.1, -0.05) is 30.3 Å². The first-order chi connectivity index (χ1) is 16.8. The van der Waals surface area contributed by atoms with E-state index in [0.717, 1.165) is 65.1 Å². The van der Waals surface area contributed by atoms with E-state index in [1.807, 2.05) is 30.3 Å². The van der Waals surface area contributed by atoms with Crippen LogP contribution in [0.2, 0.25) is 0 Å². The van der Waals surface area contributed by atoms with Crippen molar-refractivity contribution in [2.45, 2.75) is 30.3 Å². The van der Waals surface area contributed by atoms with Crippen LogP contribution >= 0.6 is 15.9 Å². The normalized spacial score (nSPS) is 17.5. The van der Waals surface area contributed by atoms with E-state index >= 15 is 0 Å². The second-order valence-corrected chi connectivity index (χ2v) is 12.0. The molecule has 1 saturated heterocycles. The van der Waals surface area contributed by atoms with E-state index in [9.17, 15) is 13.2 Å². The number of anilines is 2. The van der Waals surface area contributed by atoms with Crippen molar-refractivity contribution >= 4 is 43.2 Å². The number of nitrogens with zero attached hydrogens (tertiary/aromatic N) is 3. The van der Waals surface area contributed by atoms with Crippen molar-refractivity contribution in [1.82, 2.24) is 9.88 Å². The lowest BCUT2D eigenvalue weighted by Gasteiger charge is -2.38. The highest BCUT2D eigenvalue weighted by Gasteiger charge is 2.29. The molecule has 0 spiro atoms. The highest BCUT2D eigenvalue weighted by molar-refractivity contribution is 9.10. The van der Waals surface area contributed by atoms with Crippen molar-refractivity contribution in [2.75, 3.05) is 36.1 Å². The molecule has 2 aliphatic rings. The van der Waals surface area contributed by atoms with Crippen molar-refractivity contribution in [1.29, 1.82) is 0 Å². The summed E-state index contributed by atoms with van der Waals surface area (Å²) in [4.78, 5) is 22.0. The number of hydrogen-bond donors (Lipinski definition) is 1. The molecule has 1 fully saturated rings. The zero-order valence-electron chi connectivity index (χ0n) is 19.4. The molecule has 35 heavy (non-hydrogen) atoms. The van der Waals surface area contributed by atoms with Crippen molar-refractivity contribution in [3.63, 3.8) is 0 Å². The Morgan fingerprint density at radius 1 is 1.03 bits per heavy atom. The van der Waals surface area contributed by atoms with Gasteiger partial charge in [-0.3, -0.25) is 9.69 Å². The van der Waals surface area contributed by atoms with Gasteiger partial charge in [0.1, 0.15) is 5.82 Å². The van der Waals surface area contributed by atoms with E-state index < -0.39 is 9.84 Å². The molecular formula is C26H27BrN4O3S. The molecule has 1 aromatic heterocycles.